The number of ether oxygens (including phenoxy) is 1. The second-order valence-corrected chi connectivity index (χ2v) is 6.88. The predicted molar refractivity (Wildman–Crippen MR) is 94.6 cm³/mol. The minimum atomic E-state index is -4.69. The molecule has 0 saturated carbocycles. The molecule has 0 N–H and O–H groups in total. The van der Waals surface area contributed by atoms with Crippen LogP contribution in [-0.4, -0.2) is 25.5 Å². The van der Waals surface area contributed by atoms with E-state index in [9.17, 15) is 26.3 Å². The number of hydrogen-bond acceptors (Lipinski definition) is 5. The lowest BCUT2D eigenvalue weighted by Gasteiger charge is -2.04. The van der Waals surface area contributed by atoms with Gasteiger partial charge in [-0.2, -0.15) is 18.2 Å². The molecule has 0 amide bonds. The molecule has 0 aromatic carbocycles. The Morgan fingerprint density at radius 3 is 1.66 bits per heavy atom. The Hall–Kier alpha value is -2.80. The van der Waals surface area contributed by atoms with Crippen LogP contribution < -0.4 is 4.74 Å². The zero-order valence-electron chi connectivity index (χ0n) is 14.1. The molecule has 0 aliphatic heterocycles. The fourth-order valence-electron chi connectivity index (χ4n) is 1.97. The molecule has 154 valence electrons. The molecule has 0 radical (unpaired) electrons. The quantitative estimate of drug-likeness (QED) is 0.370. The fourth-order valence-corrected chi connectivity index (χ4v) is 3.46. The first-order chi connectivity index (χ1) is 13.6. The molecule has 4 rings (SSSR count). The first-order valence-electron chi connectivity index (χ1n) is 7.62. The minimum Gasteiger partial charge on any atom is -0.387 e. The van der Waals surface area contributed by atoms with Crippen LogP contribution in [0.1, 0.15) is 5.69 Å². The number of aromatic nitrogens is 4. The first kappa shape index (κ1) is 20.9. The summed E-state index contributed by atoms with van der Waals surface area (Å²) < 4.78 is 78.8. The van der Waals surface area contributed by atoms with Gasteiger partial charge in [0, 0.05) is 30.2 Å². The number of halogens is 6. The largest absolute Gasteiger partial charge is 0.574 e. The van der Waals surface area contributed by atoms with E-state index >= 15 is 0 Å². The van der Waals surface area contributed by atoms with Gasteiger partial charge in [0.15, 0.2) is 16.0 Å². The summed E-state index contributed by atoms with van der Waals surface area (Å²) in [5.74, 6) is -0.434. The summed E-state index contributed by atoms with van der Waals surface area (Å²) in [5.41, 5.74) is -0.841. The molecule has 0 saturated heterocycles. The topological polar surface area (TPSA) is 44.9 Å². The van der Waals surface area contributed by atoms with E-state index in [-0.39, 0.29) is 0 Å². The van der Waals surface area contributed by atoms with E-state index in [2.05, 4.69) is 14.7 Å². The Bertz CT molecular complexity index is 1020. The minimum absolute atomic E-state index is 0.322. The van der Waals surface area contributed by atoms with Gasteiger partial charge < -0.3 is 9.30 Å². The van der Waals surface area contributed by atoms with Crippen molar-refractivity contribution >= 4 is 22.7 Å². The van der Waals surface area contributed by atoms with Gasteiger partial charge in [0.1, 0.15) is 0 Å². The van der Waals surface area contributed by atoms with E-state index in [0.717, 1.165) is 28.1 Å². The van der Waals surface area contributed by atoms with Crippen molar-refractivity contribution in [3.63, 3.8) is 0 Å². The van der Waals surface area contributed by atoms with Crippen molar-refractivity contribution in [1.29, 1.82) is 0 Å². The van der Waals surface area contributed by atoms with Crippen LogP contribution in [0.4, 0.5) is 26.3 Å². The summed E-state index contributed by atoms with van der Waals surface area (Å²) in [7, 11) is 0. The normalized spacial score (nSPS) is 11.8. The third-order valence-corrected chi connectivity index (χ3v) is 4.81. The number of thiazole rings is 2. The molecule has 0 spiro atoms. The third kappa shape index (κ3) is 5.84. The number of alkyl halides is 6. The van der Waals surface area contributed by atoms with Gasteiger partial charge in [0.05, 0.1) is 5.38 Å². The summed E-state index contributed by atoms with van der Waals surface area (Å²) in [4.78, 5) is 7.16. The van der Waals surface area contributed by atoms with Gasteiger partial charge in [0.2, 0.25) is 5.88 Å². The molecule has 0 bridgehead atoms. The molecular weight excluding hydrogens is 442 g/mol. The average molecular weight is 452 g/mol. The van der Waals surface area contributed by atoms with Gasteiger partial charge in [-0.3, -0.25) is 4.57 Å². The lowest BCUT2D eigenvalue weighted by molar-refractivity contribution is -0.276. The van der Waals surface area contributed by atoms with Crippen LogP contribution in [-0.2, 0) is 6.18 Å². The maximum absolute atomic E-state index is 12.2. The number of hydrogen-bond donors (Lipinski definition) is 0. The van der Waals surface area contributed by atoms with Gasteiger partial charge >= 0.3 is 12.5 Å². The van der Waals surface area contributed by atoms with Crippen molar-refractivity contribution in [2.75, 3.05) is 0 Å². The maximum Gasteiger partial charge on any atom is 0.574 e. The Morgan fingerprint density at radius 2 is 1.21 bits per heavy atom. The van der Waals surface area contributed by atoms with E-state index in [0.29, 0.717) is 10.3 Å². The van der Waals surface area contributed by atoms with Crippen molar-refractivity contribution in [3.8, 4) is 16.1 Å². The van der Waals surface area contributed by atoms with E-state index in [1.54, 1.807) is 58.2 Å². The van der Waals surface area contributed by atoms with Gasteiger partial charge in [0.25, 0.3) is 0 Å². The van der Waals surface area contributed by atoms with E-state index in [4.69, 9.17) is 0 Å². The molecule has 0 atom stereocenters. The zero-order valence-corrected chi connectivity index (χ0v) is 15.7. The maximum atomic E-state index is 12.2. The summed E-state index contributed by atoms with van der Waals surface area (Å²) in [6.07, 6.45) is -2.37. The standard InChI is InChI=1S/C8H5F3N2OS.C8H5F3N2S/c9-8(10,11)14-6-5-15-7(12-6)13-3-1-2-4-13;9-8(10,11)6-5-14-7(12-6)13-3-1-2-4-13/h1-5H;1-5H. The first-order valence-corrected chi connectivity index (χ1v) is 9.38. The SMILES string of the molecule is FC(F)(F)Oc1csc(-n2cccc2)n1.FC(F)(F)c1csc(-n2cccc2)n1. The van der Waals surface area contributed by atoms with Crippen molar-refractivity contribution in [3.05, 3.63) is 65.5 Å². The Balaban J connectivity index is 0.000000166. The zero-order chi connectivity index (χ0) is 21.1. The van der Waals surface area contributed by atoms with Crippen LogP contribution in [0.15, 0.2) is 59.8 Å². The fraction of sp³-hybridized carbons (Fsp3) is 0.125. The lowest BCUT2D eigenvalue weighted by atomic mass is 10.5. The summed E-state index contributed by atoms with van der Waals surface area (Å²) in [6, 6.07) is 6.97. The second-order valence-electron chi connectivity index (χ2n) is 5.21. The Morgan fingerprint density at radius 1 is 0.724 bits per heavy atom. The third-order valence-electron chi connectivity index (χ3n) is 3.12. The summed E-state index contributed by atoms with van der Waals surface area (Å²) in [6.45, 7) is 0. The Kier molecular flexibility index (Phi) is 5.98. The van der Waals surface area contributed by atoms with Gasteiger partial charge in [-0.05, 0) is 24.3 Å². The molecule has 4 aromatic heterocycles. The molecule has 4 aromatic rings. The smallest absolute Gasteiger partial charge is 0.387 e. The van der Waals surface area contributed by atoms with Crippen LogP contribution in [0.5, 0.6) is 5.88 Å². The molecule has 5 nitrogen and oxygen atoms in total. The molecule has 29 heavy (non-hydrogen) atoms. The highest BCUT2D eigenvalue weighted by Gasteiger charge is 2.34. The summed E-state index contributed by atoms with van der Waals surface area (Å²) in [5, 5.41) is 2.97. The molecule has 0 unspecified atom stereocenters. The summed E-state index contributed by atoms with van der Waals surface area (Å²) >= 11 is 2.04. The van der Waals surface area contributed by atoms with Crippen molar-refractivity contribution in [1.82, 2.24) is 19.1 Å². The predicted octanol–water partition coefficient (Wildman–Crippen LogP) is 5.79. The number of nitrogens with zero attached hydrogens (tertiary/aromatic N) is 4. The van der Waals surface area contributed by atoms with Gasteiger partial charge in [-0.25, -0.2) is 4.98 Å². The molecule has 0 aliphatic carbocycles. The van der Waals surface area contributed by atoms with Crippen molar-refractivity contribution in [2.45, 2.75) is 12.5 Å². The Labute approximate surface area is 167 Å². The van der Waals surface area contributed by atoms with Crippen LogP contribution in [0, 0.1) is 0 Å². The van der Waals surface area contributed by atoms with Crippen LogP contribution in [0.25, 0.3) is 10.3 Å². The van der Waals surface area contributed by atoms with Gasteiger partial charge in [-0.1, -0.05) is 0 Å². The molecule has 4 heterocycles. The van der Waals surface area contributed by atoms with E-state index in [1.807, 2.05) is 0 Å². The van der Waals surface area contributed by atoms with Crippen LogP contribution >= 0.6 is 22.7 Å². The highest BCUT2D eigenvalue weighted by molar-refractivity contribution is 7.12. The average Bonchev–Trinajstić information content (AvgIpc) is 3.37. The van der Waals surface area contributed by atoms with Crippen molar-refractivity contribution in [2.24, 2.45) is 0 Å². The van der Waals surface area contributed by atoms with Gasteiger partial charge in [-0.15, -0.1) is 35.8 Å². The lowest BCUT2D eigenvalue weighted by Crippen LogP contribution is -2.17. The highest BCUT2D eigenvalue weighted by atomic mass is 32.1. The highest BCUT2D eigenvalue weighted by Crippen LogP contribution is 2.31. The second kappa shape index (κ2) is 8.29. The van der Waals surface area contributed by atoms with Crippen molar-refractivity contribution < 1.29 is 31.1 Å². The molecule has 13 heteroatoms. The van der Waals surface area contributed by atoms with E-state index in [1.165, 1.54) is 5.38 Å². The number of rotatable bonds is 3. The van der Waals surface area contributed by atoms with E-state index < -0.39 is 24.1 Å². The molecular formula is C16H10F6N4OS2. The molecule has 0 fully saturated rings. The molecule has 0 aliphatic rings. The monoisotopic (exact) mass is 452 g/mol. The van der Waals surface area contributed by atoms with Crippen LogP contribution in [0.2, 0.25) is 0 Å². The van der Waals surface area contributed by atoms with Crippen LogP contribution in [0.3, 0.4) is 0 Å².